The number of carbonyl (C=O) groups excluding carboxylic acids is 2. The highest BCUT2D eigenvalue weighted by Gasteiger charge is 2.41. The molecule has 2 amide bonds. The van der Waals surface area contributed by atoms with E-state index >= 15 is 4.39 Å². The predicted octanol–water partition coefficient (Wildman–Crippen LogP) is 3.86. The van der Waals surface area contributed by atoms with E-state index < -0.39 is 23.9 Å². The number of halogens is 2. The van der Waals surface area contributed by atoms with Crippen molar-refractivity contribution in [3.8, 4) is 0 Å². The number of imide groups is 1. The van der Waals surface area contributed by atoms with E-state index in [2.05, 4.69) is 36.3 Å². The van der Waals surface area contributed by atoms with E-state index in [1.807, 2.05) is 0 Å². The second-order valence-corrected chi connectivity index (χ2v) is 10.7. The maximum atomic E-state index is 15.4. The lowest BCUT2D eigenvalue weighted by Crippen LogP contribution is -2.59. The first-order chi connectivity index (χ1) is 15.6. The summed E-state index contributed by atoms with van der Waals surface area (Å²) < 4.78 is 30.4. The largest absolute Gasteiger partial charge is 0.374 e. The van der Waals surface area contributed by atoms with E-state index in [0.29, 0.717) is 36.8 Å². The minimum Gasteiger partial charge on any atom is -0.374 e. The number of alkyl halides is 1. The maximum Gasteiger partial charge on any atom is 0.249 e. The van der Waals surface area contributed by atoms with Crippen LogP contribution >= 0.6 is 0 Å². The SMILES string of the molecule is CC(C)(C)C1CCCCN1C1CCN(c2ccc(NC3CCC(=O)NC3=O)cc2F)CC1F. The summed E-state index contributed by atoms with van der Waals surface area (Å²) in [5, 5.41) is 5.28. The van der Waals surface area contributed by atoms with E-state index in [4.69, 9.17) is 0 Å². The molecule has 3 heterocycles. The van der Waals surface area contributed by atoms with Gasteiger partial charge < -0.3 is 10.2 Å². The van der Waals surface area contributed by atoms with Crippen molar-refractivity contribution in [2.45, 2.75) is 83.6 Å². The highest BCUT2D eigenvalue weighted by atomic mass is 19.1. The Morgan fingerprint density at radius 3 is 2.55 bits per heavy atom. The summed E-state index contributed by atoms with van der Waals surface area (Å²) in [7, 11) is 0. The molecule has 0 spiro atoms. The molecular weight excluding hydrogens is 426 g/mol. The smallest absolute Gasteiger partial charge is 0.249 e. The van der Waals surface area contributed by atoms with Crippen LogP contribution in [0.25, 0.3) is 0 Å². The van der Waals surface area contributed by atoms with Gasteiger partial charge in [-0.2, -0.15) is 0 Å². The number of carbonyl (C=O) groups is 2. The third-order valence-electron chi connectivity index (χ3n) is 7.35. The third kappa shape index (κ3) is 5.31. The van der Waals surface area contributed by atoms with Crippen LogP contribution < -0.4 is 15.5 Å². The zero-order valence-corrected chi connectivity index (χ0v) is 19.9. The minimum atomic E-state index is -1.04. The third-order valence-corrected chi connectivity index (χ3v) is 7.35. The molecule has 3 saturated heterocycles. The molecule has 0 aliphatic carbocycles. The molecule has 3 fully saturated rings. The van der Waals surface area contributed by atoms with Crippen LogP contribution in [-0.4, -0.2) is 60.6 Å². The van der Waals surface area contributed by atoms with Gasteiger partial charge in [0.25, 0.3) is 0 Å². The molecule has 0 radical (unpaired) electrons. The van der Waals surface area contributed by atoms with Crippen molar-refractivity contribution < 1.29 is 18.4 Å². The number of amides is 2. The van der Waals surface area contributed by atoms with E-state index in [1.165, 1.54) is 12.5 Å². The summed E-state index contributed by atoms with van der Waals surface area (Å²) >= 11 is 0. The second kappa shape index (κ2) is 9.57. The molecule has 3 aliphatic heterocycles. The van der Waals surface area contributed by atoms with Crippen molar-refractivity contribution in [2.24, 2.45) is 5.41 Å². The van der Waals surface area contributed by atoms with E-state index in [1.54, 1.807) is 17.0 Å². The highest BCUT2D eigenvalue weighted by molar-refractivity contribution is 6.01. The van der Waals surface area contributed by atoms with Gasteiger partial charge in [-0.25, -0.2) is 8.78 Å². The van der Waals surface area contributed by atoms with Crippen molar-refractivity contribution >= 4 is 23.2 Å². The summed E-state index contributed by atoms with van der Waals surface area (Å²) in [6, 6.07) is 4.38. The summed E-state index contributed by atoms with van der Waals surface area (Å²) in [4.78, 5) is 27.4. The Bertz CT molecular complexity index is 888. The Hall–Kier alpha value is -2.22. The lowest BCUT2D eigenvalue weighted by Gasteiger charge is -2.50. The molecule has 182 valence electrons. The molecule has 4 atom stereocenters. The molecule has 1 aromatic rings. The van der Waals surface area contributed by atoms with E-state index in [0.717, 1.165) is 19.4 Å². The molecule has 2 N–H and O–H groups in total. The van der Waals surface area contributed by atoms with Gasteiger partial charge in [0.05, 0.1) is 12.2 Å². The van der Waals surface area contributed by atoms with Crippen molar-refractivity contribution in [3.63, 3.8) is 0 Å². The molecule has 6 nitrogen and oxygen atoms in total. The average Bonchev–Trinajstić information content (AvgIpc) is 2.75. The molecule has 0 bridgehead atoms. The first kappa shape index (κ1) is 23.9. The lowest BCUT2D eigenvalue weighted by atomic mass is 9.79. The number of benzene rings is 1. The van der Waals surface area contributed by atoms with Crippen molar-refractivity contribution in [2.75, 3.05) is 29.9 Å². The fourth-order valence-electron chi connectivity index (χ4n) is 5.65. The fourth-order valence-corrected chi connectivity index (χ4v) is 5.65. The Morgan fingerprint density at radius 1 is 1.09 bits per heavy atom. The van der Waals surface area contributed by atoms with Crippen LogP contribution in [-0.2, 0) is 9.59 Å². The van der Waals surface area contributed by atoms with Gasteiger partial charge in [-0.3, -0.25) is 19.8 Å². The standard InChI is InChI=1S/C25H36F2N4O2/c1-25(2,3)22-6-4-5-12-31(22)21-11-13-30(15-18(21)27)20-9-7-16(14-17(20)26)28-19-8-10-23(32)29-24(19)33/h7,9,14,18-19,21-22,28H,4-6,8,10-13,15H2,1-3H3,(H,29,32,33). The zero-order valence-electron chi connectivity index (χ0n) is 19.9. The summed E-state index contributed by atoms with van der Waals surface area (Å²) in [5.41, 5.74) is 0.962. The number of hydrogen-bond acceptors (Lipinski definition) is 5. The van der Waals surface area contributed by atoms with Crippen molar-refractivity contribution in [1.82, 2.24) is 10.2 Å². The Balaban J connectivity index is 1.40. The van der Waals surface area contributed by atoms with Crippen LogP contribution in [0.1, 0.15) is 59.3 Å². The highest BCUT2D eigenvalue weighted by Crippen LogP contribution is 2.37. The summed E-state index contributed by atoms with van der Waals surface area (Å²) in [5.74, 6) is -1.13. The normalized spacial score (nSPS) is 29.7. The van der Waals surface area contributed by atoms with Crippen LogP contribution in [0.4, 0.5) is 20.2 Å². The van der Waals surface area contributed by atoms with Gasteiger partial charge in [0.1, 0.15) is 18.0 Å². The molecule has 0 aromatic heterocycles. The first-order valence-electron chi connectivity index (χ1n) is 12.2. The van der Waals surface area contributed by atoms with Gasteiger partial charge in [0.2, 0.25) is 11.8 Å². The number of piperidine rings is 3. The molecular formula is C25H36F2N4O2. The topological polar surface area (TPSA) is 64.7 Å². The lowest BCUT2D eigenvalue weighted by molar-refractivity contribution is -0.133. The average molecular weight is 463 g/mol. The number of nitrogens with one attached hydrogen (secondary N) is 2. The molecule has 0 saturated carbocycles. The zero-order chi connectivity index (χ0) is 23.8. The van der Waals surface area contributed by atoms with Crippen LogP contribution in [0, 0.1) is 11.2 Å². The van der Waals surface area contributed by atoms with Crippen LogP contribution in [0.5, 0.6) is 0 Å². The fraction of sp³-hybridized carbons (Fsp3) is 0.680. The number of anilines is 2. The van der Waals surface area contributed by atoms with Crippen LogP contribution in [0.15, 0.2) is 18.2 Å². The van der Waals surface area contributed by atoms with Gasteiger partial charge in [0.15, 0.2) is 0 Å². The number of hydrogen-bond donors (Lipinski definition) is 2. The first-order valence-corrected chi connectivity index (χ1v) is 12.2. The van der Waals surface area contributed by atoms with Crippen LogP contribution in [0.2, 0.25) is 0 Å². The van der Waals surface area contributed by atoms with Gasteiger partial charge in [0, 0.05) is 30.7 Å². The Kier molecular flexibility index (Phi) is 6.93. The molecule has 4 rings (SSSR count). The van der Waals surface area contributed by atoms with Gasteiger partial charge in [-0.1, -0.05) is 27.2 Å². The summed E-state index contributed by atoms with van der Waals surface area (Å²) in [6.45, 7) is 8.42. The number of rotatable bonds is 4. The second-order valence-electron chi connectivity index (χ2n) is 10.7. The Labute approximate surface area is 195 Å². The monoisotopic (exact) mass is 462 g/mol. The number of likely N-dealkylation sites (tertiary alicyclic amines) is 1. The van der Waals surface area contributed by atoms with Crippen molar-refractivity contribution in [1.29, 1.82) is 0 Å². The molecule has 8 heteroatoms. The molecule has 3 aliphatic rings. The maximum absolute atomic E-state index is 15.4. The molecule has 33 heavy (non-hydrogen) atoms. The quantitative estimate of drug-likeness (QED) is 0.666. The van der Waals surface area contributed by atoms with Crippen LogP contribution in [0.3, 0.4) is 0 Å². The molecule has 1 aromatic carbocycles. The van der Waals surface area contributed by atoms with Crippen molar-refractivity contribution in [3.05, 3.63) is 24.0 Å². The number of nitrogens with zero attached hydrogens (tertiary/aromatic N) is 2. The summed E-state index contributed by atoms with van der Waals surface area (Å²) in [6.07, 6.45) is 3.66. The van der Waals surface area contributed by atoms with Gasteiger partial charge >= 0.3 is 0 Å². The molecule has 4 unspecified atom stereocenters. The predicted molar refractivity (Wildman–Crippen MR) is 126 cm³/mol. The van der Waals surface area contributed by atoms with Gasteiger partial charge in [-0.05, 0) is 55.8 Å². The Morgan fingerprint density at radius 2 is 1.88 bits per heavy atom. The minimum absolute atomic E-state index is 0.106. The van der Waals surface area contributed by atoms with E-state index in [-0.39, 0.29) is 30.3 Å². The van der Waals surface area contributed by atoms with E-state index in [9.17, 15) is 14.0 Å². The van der Waals surface area contributed by atoms with Gasteiger partial charge in [-0.15, -0.1) is 0 Å².